The van der Waals surface area contributed by atoms with Crippen LogP contribution in [0.5, 0.6) is 5.88 Å². The predicted octanol–water partition coefficient (Wildman–Crippen LogP) is 5.79. The lowest BCUT2D eigenvalue weighted by Gasteiger charge is -2.32. The smallest absolute Gasteiger partial charge is 0.335 e. The zero-order chi connectivity index (χ0) is 28.5. The molecule has 3 aromatic heterocycles. The lowest BCUT2D eigenvalue weighted by atomic mass is 9.93. The number of pyridine rings is 1. The second-order valence-corrected chi connectivity index (χ2v) is 12.2. The molecule has 2 aliphatic rings. The number of imidazole rings is 1. The van der Waals surface area contributed by atoms with E-state index in [4.69, 9.17) is 31.0 Å². The Hall–Kier alpha value is -3.31. The van der Waals surface area contributed by atoms with Crippen molar-refractivity contribution in [2.75, 3.05) is 19.7 Å². The van der Waals surface area contributed by atoms with Crippen LogP contribution < -0.4 is 4.74 Å². The van der Waals surface area contributed by atoms with E-state index in [0.717, 1.165) is 66.4 Å². The van der Waals surface area contributed by atoms with Gasteiger partial charge in [-0.3, -0.25) is 9.69 Å². The third-order valence-electron chi connectivity index (χ3n) is 7.83. The fourth-order valence-electron chi connectivity index (χ4n) is 5.41. The van der Waals surface area contributed by atoms with Gasteiger partial charge in [0.2, 0.25) is 5.88 Å². The van der Waals surface area contributed by atoms with Gasteiger partial charge in [-0.25, -0.2) is 14.8 Å². The van der Waals surface area contributed by atoms with Crippen molar-refractivity contribution in [3.8, 4) is 5.88 Å². The maximum atomic E-state index is 11.6. The summed E-state index contributed by atoms with van der Waals surface area (Å²) in [6.07, 6.45) is 3.06. The van der Waals surface area contributed by atoms with Gasteiger partial charge in [-0.05, 0) is 69.6 Å². The number of piperidine rings is 1. The number of Topliss-reactive ketones (excluding diaryl/α,β-unsaturated/α-hetero) is 1. The zero-order valence-electron chi connectivity index (χ0n) is 22.7. The monoisotopic (exact) mass is 594 g/mol. The summed E-state index contributed by atoms with van der Waals surface area (Å²) >= 11 is 7.64. The normalized spacial score (nSPS) is 18.0. The van der Waals surface area contributed by atoms with Gasteiger partial charge in [-0.1, -0.05) is 17.7 Å². The zero-order valence-corrected chi connectivity index (χ0v) is 24.3. The minimum absolute atomic E-state index is 0.00781. The molecule has 1 N–H and O–H groups in total. The topological polar surface area (TPSA) is 107 Å². The predicted molar refractivity (Wildman–Crippen MR) is 156 cm³/mol. The Morgan fingerprint density at radius 1 is 1.15 bits per heavy atom. The van der Waals surface area contributed by atoms with E-state index in [-0.39, 0.29) is 24.1 Å². The van der Waals surface area contributed by atoms with Crippen LogP contribution in [0.2, 0.25) is 5.02 Å². The Kier molecular flexibility index (Phi) is 8.07. The number of ether oxygens (including phenoxy) is 2. The highest BCUT2D eigenvalue weighted by Crippen LogP contribution is 2.31. The molecule has 41 heavy (non-hydrogen) atoms. The summed E-state index contributed by atoms with van der Waals surface area (Å²) < 4.78 is 13.8. The molecule has 0 spiro atoms. The number of carbonyl (C=O) groups excluding carboxylic acids is 1. The number of carboxylic acids is 1. The standard InChI is InChI=1S/C30H31ClN4O5S/c1-18(36)26-14-22(31)27(41-26)17-40-29-4-2-3-23(33-29)19-7-10-34(11-8-19)16-28-32-24-6-5-20(30(37)38)13-25(24)35(28)15-21-9-12-39-21/h2-6,13-14,19,21H,7-12,15-17H2,1H3,(H,37,38). The van der Waals surface area contributed by atoms with Gasteiger partial charge in [0, 0.05) is 24.3 Å². The summed E-state index contributed by atoms with van der Waals surface area (Å²) in [6, 6.07) is 12.7. The van der Waals surface area contributed by atoms with Crippen molar-refractivity contribution in [1.82, 2.24) is 19.4 Å². The number of benzene rings is 1. The summed E-state index contributed by atoms with van der Waals surface area (Å²) in [5.74, 6) is 0.858. The summed E-state index contributed by atoms with van der Waals surface area (Å²) in [7, 11) is 0. The Morgan fingerprint density at radius 2 is 1.95 bits per heavy atom. The van der Waals surface area contributed by atoms with Gasteiger partial charge >= 0.3 is 5.97 Å². The molecule has 1 atom stereocenters. The fraction of sp³-hybridized carbons (Fsp3) is 0.400. The van der Waals surface area contributed by atoms with Crippen LogP contribution in [-0.4, -0.2) is 62.1 Å². The number of nitrogens with zero attached hydrogens (tertiary/aromatic N) is 4. The van der Waals surface area contributed by atoms with E-state index >= 15 is 0 Å². The SMILES string of the molecule is CC(=O)c1cc(Cl)c(COc2cccc(C3CCN(Cc4nc5ccc(C(=O)O)cc5n4CC4CCO4)CC3)n2)s1. The van der Waals surface area contributed by atoms with Crippen LogP contribution in [-0.2, 0) is 24.4 Å². The summed E-state index contributed by atoms with van der Waals surface area (Å²) in [4.78, 5) is 36.7. The Bertz CT molecular complexity index is 1590. The minimum Gasteiger partial charge on any atom is -0.478 e. The number of aromatic nitrogens is 3. The molecule has 4 aromatic rings. The quantitative estimate of drug-likeness (QED) is 0.230. The molecule has 9 nitrogen and oxygen atoms in total. The average Bonchev–Trinajstić information content (AvgIpc) is 3.49. The van der Waals surface area contributed by atoms with E-state index in [1.165, 1.54) is 18.3 Å². The maximum Gasteiger partial charge on any atom is 0.335 e. The Morgan fingerprint density at radius 3 is 2.63 bits per heavy atom. The van der Waals surface area contributed by atoms with Crippen LogP contribution in [0.25, 0.3) is 11.0 Å². The first-order valence-corrected chi connectivity index (χ1v) is 15.0. The molecule has 5 heterocycles. The first-order chi connectivity index (χ1) is 19.8. The Labute approximate surface area is 246 Å². The number of carbonyl (C=O) groups is 2. The number of hydrogen-bond acceptors (Lipinski definition) is 8. The van der Waals surface area contributed by atoms with E-state index in [2.05, 4.69) is 15.5 Å². The van der Waals surface area contributed by atoms with Crippen LogP contribution in [0, 0.1) is 0 Å². The van der Waals surface area contributed by atoms with E-state index in [1.54, 1.807) is 24.3 Å². The van der Waals surface area contributed by atoms with Crippen molar-refractivity contribution in [3.63, 3.8) is 0 Å². The van der Waals surface area contributed by atoms with E-state index < -0.39 is 5.97 Å². The lowest BCUT2D eigenvalue weighted by molar-refractivity contribution is -0.0592. The van der Waals surface area contributed by atoms with Crippen molar-refractivity contribution >= 4 is 45.7 Å². The first kappa shape index (κ1) is 27.8. The number of halogens is 1. The highest BCUT2D eigenvalue weighted by atomic mass is 35.5. The van der Waals surface area contributed by atoms with Crippen molar-refractivity contribution in [1.29, 1.82) is 0 Å². The van der Waals surface area contributed by atoms with Gasteiger partial charge in [0.15, 0.2) is 5.78 Å². The number of fused-ring (bicyclic) bond motifs is 1. The summed E-state index contributed by atoms with van der Waals surface area (Å²) in [6.45, 7) is 5.74. The van der Waals surface area contributed by atoms with Gasteiger partial charge in [-0.15, -0.1) is 11.3 Å². The molecule has 0 amide bonds. The molecule has 1 aromatic carbocycles. The molecular formula is C30H31ClN4O5S. The molecule has 6 rings (SSSR count). The number of carboxylic acid groups (broad SMARTS) is 1. The molecular weight excluding hydrogens is 564 g/mol. The number of ketones is 1. The third kappa shape index (κ3) is 6.16. The van der Waals surface area contributed by atoms with Gasteiger partial charge in [0.05, 0.1) is 50.6 Å². The second-order valence-electron chi connectivity index (χ2n) is 10.6. The maximum absolute atomic E-state index is 11.6. The number of likely N-dealkylation sites (tertiary alicyclic amines) is 1. The molecule has 0 saturated carbocycles. The lowest BCUT2D eigenvalue weighted by Crippen LogP contribution is -2.35. The largest absolute Gasteiger partial charge is 0.478 e. The molecule has 1 unspecified atom stereocenters. The molecule has 0 aliphatic carbocycles. The van der Waals surface area contributed by atoms with Gasteiger partial charge in [-0.2, -0.15) is 0 Å². The van der Waals surface area contributed by atoms with Crippen molar-refractivity contribution < 1.29 is 24.2 Å². The van der Waals surface area contributed by atoms with E-state index in [0.29, 0.717) is 34.8 Å². The summed E-state index contributed by atoms with van der Waals surface area (Å²) in [5, 5.41) is 10.0. The van der Waals surface area contributed by atoms with Crippen LogP contribution in [0.1, 0.15) is 68.5 Å². The number of hydrogen-bond donors (Lipinski definition) is 1. The molecule has 214 valence electrons. The number of rotatable bonds is 10. The first-order valence-electron chi connectivity index (χ1n) is 13.8. The van der Waals surface area contributed by atoms with Crippen molar-refractivity contribution in [2.45, 2.75) is 57.9 Å². The van der Waals surface area contributed by atoms with Crippen LogP contribution >= 0.6 is 22.9 Å². The van der Waals surface area contributed by atoms with Gasteiger partial charge in [0.1, 0.15) is 12.4 Å². The van der Waals surface area contributed by atoms with Crippen LogP contribution in [0.3, 0.4) is 0 Å². The molecule has 2 aliphatic heterocycles. The molecule has 11 heteroatoms. The highest BCUT2D eigenvalue weighted by Gasteiger charge is 2.26. The third-order valence-corrected chi connectivity index (χ3v) is 9.48. The fourth-order valence-corrected chi connectivity index (χ4v) is 6.61. The molecule has 0 radical (unpaired) electrons. The second kappa shape index (κ2) is 11.9. The van der Waals surface area contributed by atoms with Crippen molar-refractivity contribution in [3.05, 3.63) is 74.3 Å². The van der Waals surface area contributed by atoms with Crippen molar-refractivity contribution in [2.24, 2.45) is 0 Å². The van der Waals surface area contributed by atoms with Crippen LogP contribution in [0.4, 0.5) is 0 Å². The minimum atomic E-state index is -0.941. The average molecular weight is 595 g/mol. The van der Waals surface area contributed by atoms with E-state index in [1.807, 2.05) is 12.1 Å². The number of thiophene rings is 1. The highest BCUT2D eigenvalue weighted by molar-refractivity contribution is 7.14. The number of aromatic carboxylic acids is 1. The van der Waals surface area contributed by atoms with E-state index in [9.17, 15) is 14.7 Å². The van der Waals surface area contributed by atoms with Gasteiger partial charge < -0.3 is 19.1 Å². The molecule has 2 fully saturated rings. The molecule has 2 saturated heterocycles. The van der Waals surface area contributed by atoms with Gasteiger partial charge in [0.25, 0.3) is 0 Å². The Balaban J connectivity index is 1.10. The molecule has 0 bridgehead atoms. The van der Waals surface area contributed by atoms with Crippen LogP contribution in [0.15, 0.2) is 42.5 Å². The summed E-state index contributed by atoms with van der Waals surface area (Å²) in [5.41, 5.74) is 2.92.